The molecule has 0 amide bonds. The molecule has 0 aliphatic heterocycles. The first kappa shape index (κ1) is 13.9. The van der Waals surface area contributed by atoms with Crippen LogP contribution in [0.25, 0.3) is 0 Å². The van der Waals surface area contributed by atoms with E-state index in [1.807, 2.05) is 6.07 Å². The lowest BCUT2D eigenvalue weighted by molar-refractivity contribution is 0.380. The average Bonchev–Trinajstić information content (AvgIpc) is 2.90. The number of halogens is 1. The maximum atomic E-state index is 5.24. The molecule has 1 aromatic carbocycles. The molecule has 100 valence electrons. The van der Waals surface area contributed by atoms with Crippen molar-refractivity contribution in [1.29, 1.82) is 0 Å². The Kier molecular flexibility index (Phi) is 5.07. The van der Waals surface area contributed by atoms with Gasteiger partial charge in [0.05, 0.1) is 11.6 Å². The minimum absolute atomic E-state index is 0.619. The van der Waals surface area contributed by atoms with Gasteiger partial charge in [0.1, 0.15) is 5.75 Å². The Morgan fingerprint density at radius 3 is 2.72 bits per heavy atom. The molecule has 1 aliphatic rings. The number of nitrogens with one attached hydrogen (secondary N) is 1. The number of benzene rings is 1. The fraction of sp³-hybridized carbons (Fsp3) is 0.600. The van der Waals surface area contributed by atoms with Crippen LogP contribution < -0.4 is 10.1 Å². The van der Waals surface area contributed by atoms with Crippen molar-refractivity contribution in [1.82, 2.24) is 5.32 Å². The van der Waals surface area contributed by atoms with E-state index in [2.05, 4.69) is 40.3 Å². The van der Waals surface area contributed by atoms with E-state index in [-0.39, 0.29) is 0 Å². The van der Waals surface area contributed by atoms with E-state index < -0.39 is 0 Å². The second-order valence-electron chi connectivity index (χ2n) is 5.18. The average molecular weight is 312 g/mol. The largest absolute Gasteiger partial charge is 0.496 e. The van der Waals surface area contributed by atoms with Crippen LogP contribution in [0.2, 0.25) is 0 Å². The Bertz CT molecular complexity index is 388. The molecule has 1 aliphatic carbocycles. The van der Waals surface area contributed by atoms with E-state index in [4.69, 9.17) is 4.74 Å². The molecule has 2 rings (SSSR count). The van der Waals surface area contributed by atoms with Crippen LogP contribution >= 0.6 is 15.9 Å². The topological polar surface area (TPSA) is 21.3 Å². The summed E-state index contributed by atoms with van der Waals surface area (Å²) in [6.45, 7) is 3.24. The third-order valence-electron chi connectivity index (χ3n) is 3.95. The number of methoxy groups -OCH3 is 1. The van der Waals surface area contributed by atoms with Gasteiger partial charge in [-0.3, -0.25) is 0 Å². The molecule has 3 heteroatoms. The normalized spacial score (nSPS) is 17.9. The maximum Gasteiger partial charge on any atom is 0.133 e. The summed E-state index contributed by atoms with van der Waals surface area (Å²) in [5, 5.41) is 3.64. The van der Waals surface area contributed by atoms with Gasteiger partial charge >= 0.3 is 0 Å². The molecule has 0 spiro atoms. The highest BCUT2D eigenvalue weighted by molar-refractivity contribution is 9.10. The first-order valence-corrected chi connectivity index (χ1v) is 7.56. The van der Waals surface area contributed by atoms with Gasteiger partial charge in [0.2, 0.25) is 0 Å². The lowest BCUT2D eigenvalue weighted by atomic mass is 9.99. The lowest BCUT2D eigenvalue weighted by Crippen LogP contribution is -2.31. The molecule has 1 atom stereocenters. The number of ether oxygens (including phenoxy) is 1. The maximum absolute atomic E-state index is 5.24. The third-order valence-corrected chi connectivity index (χ3v) is 4.57. The Hall–Kier alpha value is -0.540. The lowest BCUT2D eigenvalue weighted by Gasteiger charge is -2.20. The summed E-state index contributed by atoms with van der Waals surface area (Å²) in [5.74, 6) is 1.76. The van der Waals surface area contributed by atoms with Crippen LogP contribution in [0.1, 0.15) is 38.2 Å². The summed E-state index contributed by atoms with van der Waals surface area (Å²) in [5.41, 5.74) is 1.30. The van der Waals surface area contributed by atoms with Crippen molar-refractivity contribution in [2.45, 2.75) is 45.2 Å². The summed E-state index contributed by atoms with van der Waals surface area (Å²) in [6.07, 6.45) is 5.59. The molecule has 2 nitrogen and oxygen atoms in total. The fourth-order valence-corrected chi connectivity index (χ4v) is 3.31. The van der Waals surface area contributed by atoms with Gasteiger partial charge in [0, 0.05) is 12.6 Å². The van der Waals surface area contributed by atoms with Gasteiger partial charge in [-0.25, -0.2) is 0 Å². The van der Waals surface area contributed by atoms with E-state index >= 15 is 0 Å². The molecule has 0 bridgehead atoms. The van der Waals surface area contributed by atoms with Crippen LogP contribution in [-0.4, -0.2) is 13.2 Å². The zero-order valence-electron chi connectivity index (χ0n) is 11.2. The predicted molar refractivity (Wildman–Crippen MR) is 79.0 cm³/mol. The molecule has 1 N–H and O–H groups in total. The van der Waals surface area contributed by atoms with Crippen LogP contribution in [0.5, 0.6) is 5.75 Å². The molecule has 0 unspecified atom stereocenters. The van der Waals surface area contributed by atoms with Gasteiger partial charge in [-0.05, 0) is 59.3 Å². The fourth-order valence-electron chi connectivity index (χ4n) is 2.72. The number of rotatable bonds is 5. The van der Waals surface area contributed by atoms with E-state index in [0.717, 1.165) is 22.7 Å². The summed E-state index contributed by atoms with van der Waals surface area (Å²) in [4.78, 5) is 0. The highest BCUT2D eigenvalue weighted by Gasteiger charge is 2.20. The van der Waals surface area contributed by atoms with E-state index in [0.29, 0.717) is 6.04 Å². The first-order chi connectivity index (χ1) is 8.70. The minimum atomic E-state index is 0.619. The minimum Gasteiger partial charge on any atom is -0.496 e. The van der Waals surface area contributed by atoms with E-state index in [9.17, 15) is 0 Å². The van der Waals surface area contributed by atoms with Gasteiger partial charge in [0.25, 0.3) is 0 Å². The first-order valence-electron chi connectivity index (χ1n) is 6.76. The Balaban J connectivity index is 1.87. The summed E-state index contributed by atoms with van der Waals surface area (Å²) in [7, 11) is 1.69. The van der Waals surface area contributed by atoms with Crippen molar-refractivity contribution in [3.8, 4) is 5.75 Å². The molecule has 1 fully saturated rings. The SMILES string of the molecule is COc1ccc(CN[C@H](C)C2CCCC2)cc1Br. The highest BCUT2D eigenvalue weighted by Crippen LogP contribution is 2.28. The van der Waals surface area contributed by atoms with Crippen LogP contribution in [0.15, 0.2) is 22.7 Å². The summed E-state index contributed by atoms with van der Waals surface area (Å²) in [6, 6.07) is 6.89. The zero-order chi connectivity index (χ0) is 13.0. The molecule has 18 heavy (non-hydrogen) atoms. The van der Waals surface area contributed by atoms with Gasteiger partial charge in [0.15, 0.2) is 0 Å². The molecule has 0 heterocycles. The second kappa shape index (κ2) is 6.58. The molecular formula is C15H22BrNO. The quantitative estimate of drug-likeness (QED) is 0.883. The molecule has 1 aromatic rings. The smallest absolute Gasteiger partial charge is 0.133 e. The summed E-state index contributed by atoms with van der Waals surface area (Å²) >= 11 is 3.53. The van der Waals surface area contributed by atoms with Crippen LogP contribution in [0, 0.1) is 5.92 Å². The Morgan fingerprint density at radius 2 is 2.11 bits per heavy atom. The molecular weight excluding hydrogens is 290 g/mol. The Morgan fingerprint density at radius 1 is 1.39 bits per heavy atom. The van der Waals surface area contributed by atoms with Crippen molar-refractivity contribution in [2.24, 2.45) is 5.92 Å². The molecule has 1 saturated carbocycles. The highest BCUT2D eigenvalue weighted by atomic mass is 79.9. The van der Waals surface area contributed by atoms with Crippen molar-refractivity contribution < 1.29 is 4.74 Å². The van der Waals surface area contributed by atoms with Gasteiger partial charge in [-0.2, -0.15) is 0 Å². The van der Waals surface area contributed by atoms with E-state index in [1.54, 1.807) is 7.11 Å². The molecule has 0 saturated heterocycles. The third kappa shape index (κ3) is 3.48. The van der Waals surface area contributed by atoms with E-state index in [1.165, 1.54) is 31.2 Å². The Labute approximate surface area is 118 Å². The number of hydrogen-bond acceptors (Lipinski definition) is 2. The van der Waals surface area contributed by atoms with Crippen LogP contribution in [-0.2, 0) is 6.54 Å². The predicted octanol–water partition coefficient (Wildman–Crippen LogP) is 4.13. The monoisotopic (exact) mass is 311 g/mol. The van der Waals surface area contributed by atoms with Crippen molar-refractivity contribution in [3.05, 3.63) is 28.2 Å². The molecule has 0 radical (unpaired) electrons. The van der Waals surface area contributed by atoms with Crippen molar-refractivity contribution in [3.63, 3.8) is 0 Å². The van der Waals surface area contributed by atoms with Gasteiger partial charge in [-0.15, -0.1) is 0 Å². The van der Waals surface area contributed by atoms with Crippen molar-refractivity contribution in [2.75, 3.05) is 7.11 Å². The standard InChI is InChI=1S/C15H22BrNO/c1-11(13-5-3-4-6-13)17-10-12-7-8-15(18-2)14(16)9-12/h7-9,11,13,17H,3-6,10H2,1-2H3/t11-/m1/s1. The van der Waals surface area contributed by atoms with Gasteiger partial charge < -0.3 is 10.1 Å². The zero-order valence-corrected chi connectivity index (χ0v) is 12.8. The second-order valence-corrected chi connectivity index (χ2v) is 6.04. The van der Waals surface area contributed by atoms with Crippen molar-refractivity contribution >= 4 is 15.9 Å². The van der Waals surface area contributed by atoms with Crippen LogP contribution in [0.3, 0.4) is 0 Å². The molecule has 0 aromatic heterocycles. The van der Waals surface area contributed by atoms with Gasteiger partial charge in [-0.1, -0.05) is 18.9 Å². The summed E-state index contributed by atoms with van der Waals surface area (Å²) < 4.78 is 6.27. The van der Waals surface area contributed by atoms with Crippen LogP contribution in [0.4, 0.5) is 0 Å². The number of hydrogen-bond donors (Lipinski definition) is 1.